The van der Waals surface area contributed by atoms with Crippen LogP contribution in [-0.2, 0) is 24.3 Å². The van der Waals surface area contributed by atoms with E-state index in [1.807, 2.05) is 35.1 Å². The van der Waals surface area contributed by atoms with Crippen molar-refractivity contribution in [2.24, 2.45) is 10.9 Å². The molecule has 170 valence electrons. The zero-order chi connectivity index (χ0) is 22.9. The Labute approximate surface area is 192 Å². The van der Waals surface area contributed by atoms with E-state index in [1.54, 1.807) is 20.4 Å². The molecular weight excluding hydrogens is 426 g/mol. The first kappa shape index (κ1) is 23.5. The minimum Gasteiger partial charge on any atom is -0.496 e. The van der Waals surface area contributed by atoms with E-state index in [0.717, 1.165) is 33.8 Å². The van der Waals surface area contributed by atoms with Crippen molar-refractivity contribution in [3.05, 3.63) is 71.0 Å². The molecule has 3 rings (SSSR count). The molecule has 8 nitrogen and oxygen atoms in total. The molecule has 3 aromatic rings. The van der Waals surface area contributed by atoms with E-state index >= 15 is 0 Å². The third-order valence-corrected chi connectivity index (χ3v) is 5.70. The summed E-state index contributed by atoms with van der Waals surface area (Å²) in [6, 6.07) is 12.1. The number of benzene rings is 2. The Morgan fingerprint density at radius 1 is 1.06 bits per heavy atom. The molecule has 0 saturated carbocycles. The molecule has 0 fully saturated rings. The van der Waals surface area contributed by atoms with E-state index in [4.69, 9.17) is 20.0 Å². The summed E-state index contributed by atoms with van der Waals surface area (Å²) in [7, 11) is 4.81. The Hall–Kier alpha value is -3.17. The van der Waals surface area contributed by atoms with Gasteiger partial charge in [0.1, 0.15) is 18.6 Å². The van der Waals surface area contributed by atoms with Crippen molar-refractivity contribution in [1.29, 1.82) is 0 Å². The van der Waals surface area contributed by atoms with Gasteiger partial charge < -0.3 is 24.8 Å². The fraction of sp³-hybridized carbons (Fsp3) is 0.304. The number of ether oxygens (including phenoxy) is 2. The van der Waals surface area contributed by atoms with Crippen LogP contribution >= 0.6 is 11.9 Å². The fourth-order valence-electron chi connectivity index (χ4n) is 3.15. The quantitative estimate of drug-likeness (QED) is 0.209. The number of hydrogen-bond acceptors (Lipinski definition) is 7. The second-order valence-corrected chi connectivity index (χ2v) is 7.80. The number of nitrogens with two attached hydrogens (primary N) is 1. The molecule has 0 aliphatic rings. The van der Waals surface area contributed by atoms with E-state index in [1.165, 1.54) is 24.6 Å². The maximum absolute atomic E-state index is 5.67. The van der Waals surface area contributed by atoms with Crippen molar-refractivity contribution in [2.45, 2.75) is 31.3 Å². The molecule has 9 heteroatoms. The molecule has 0 saturated heterocycles. The topological polar surface area (TPSA) is 95.9 Å². The second-order valence-electron chi connectivity index (χ2n) is 6.95. The lowest BCUT2D eigenvalue weighted by Gasteiger charge is -2.15. The van der Waals surface area contributed by atoms with E-state index < -0.39 is 0 Å². The summed E-state index contributed by atoms with van der Waals surface area (Å²) in [5.41, 5.74) is 9.70. The molecule has 0 atom stereocenters. The van der Waals surface area contributed by atoms with Gasteiger partial charge >= 0.3 is 0 Å². The molecule has 0 radical (unpaired) electrons. The summed E-state index contributed by atoms with van der Waals surface area (Å²) >= 11 is 1.41. The lowest BCUT2D eigenvalue weighted by atomic mass is 10.1. The summed E-state index contributed by atoms with van der Waals surface area (Å²) < 4.78 is 16.3. The van der Waals surface area contributed by atoms with Gasteiger partial charge in [-0.05, 0) is 53.8 Å². The molecule has 1 aromatic heterocycles. The Kier molecular flexibility index (Phi) is 8.41. The highest BCUT2D eigenvalue weighted by Crippen LogP contribution is 2.30. The molecule has 2 aromatic carbocycles. The van der Waals surface area contributed by atoms with Crippen molar-refractivity contribution in [1.82, 2.24) is 14.5 Å². The van der Waals surface area contributed by atoms with Crippen molar-refractivity contribution >= 4 is 17.8 Å². The zero-order valence-electron chi connectivity index (χ0n) is 18.8. The first-order valence-corrected chi connectivity index (χ1v) is 11.0. The van der Waals surface area contributed by atoms with Crippen LogP contribution in [0.5, 0.6) is 11.5 Å². The number of rotatable bonds is 10. The number of aromatic nitrogens is 2. The van der Waals surface area contributed by atoms with Crippen LogP contribution in [0.1, 0.15) is 29.2 Å². The Morgan fingerprint density at radius 3 is 2.50 bits per heavy atom. The van der Waals surface area contributed by atoms with Crippen molar-refractivity contribution in [2.75, 3.05) is 21.3 Å². The first-order valence-electron chi connectivity index (χ1n) is 10.2. The summed E-state index contributed by atoms with van der Waals surface area (Å²) in [4.78, 5) is 6.05. The van der Waals surface area contributed by atoms with Crippen LogP contribution in [0.25, 0.3) is 0 Å². The molecule has 0 aliphatic heterocycles. The van der Waals surface area contributed by atoms with Crippen LogP contribution in [0.3, 0.4) is 0 Å². The van der Waals surface area contributed by atoms with Crippen LogP contribution in [-0.4, -0.2) is 36.9 Å². The van der Waals surface area contributed by atoms with Gasteiger partial charge in [0.2, 0.25) is 0 Å². The molecule has 0 amide bonds. The fourth-order valence-corrected chi connectivity index (χ4v) is 3.97. The average Bonchev–Trinajstić information content (AvgIpc) is 3.29. The molecule has 0 unspecified atom stereocenters. The minimum absolute atomic E-state index is 0.467. The highest BCUT2D eigenvalue weighted by Gasteiger charge is 2.15. The Morgan fingerprint density at radius 2 is 1.84 bits per heavy atom. The van der Waals surface area contributed by atoms with Gasteiger partial charge in [0, 0.05) is 18.3 Å². The predicted octanol–water partition coefficient (Wildman–Crippen LogP) is 3.57. The van der Waals surface area contributed by atoms with Gasteiger partial charge in [-0.3, -0.25) is 4.68 Å². The standard InChI is InChI=1S/C23H29N5O3S/c1-5-16-7-9-20(29-2)22(11-16)32-27-23(26-31-4)19-8-6-17(10-21(19)30-3)14-28-15-18(12-24)13-25-28/h6-11,13,15H,5,12,14,24H2,1-4H3,(H,26,27). The number of oxime groups is 1. The van der Waals surface area contributed by atoms with Crippen LogP contribution in [0, 0.1) is 0 Å². The average molecular weight is 456 g/mol. The van der Waals surface area contributed by atoms with E-state index in [0.29, 0.717) is 24.7 Å². The summed E-state index contributed by atoms with van der Waals surface area (Å²) in [5, 5.41) is 8.52. The monoisotopic (exact) mass is 455 g/mol. The van der Waals surface area contributed by atoms with Crippen molar-refractivity contribution in [3.8, 4) is 11.5 Å². The van der Waals surface area contributed by atoms with E-state index in [9.17, 15) is 0 Å². The van der Waals surface area contributed by atoms with Gasteiger partial charge in [-0.1, -0.05) is 24.2 Å². The molecule has 0 aliphatic carbocycles. The second kappa shape index (κ2) is 11.4. The molecule has 32 heavy (non-hydrogen) atoms. The van der Waals surface area contributed by atoms with E-state index in [2.05, 4.69) is 34.0 Å². The van der Waals surface area contributed by atoms with Gasteiger partial charge in [-0.2, -0.15) is 5.10 Å². The highest BCUT2D eigenvalue weighted by molar-refractivity contribution is 7.98. The summed E-state index contributed by atoms with van der Waals surface area (Å²) in [6.07, 6.45) is 4.65. The molecular formula is C23H29N5O3S. The van der Waals surface area contributed by atoms with E-state index in [-0.39, 0.29) is 0 Å². The van der Waals surface area contributed by atoms with Crippen LogP contribution in [0.15, 0.2) is 58.8 Å². The maximum Gasteiger partial charge on any atom is 0.186 e. The molecule has 0 bridgehead atoms. The number of nitrogens with zero attached hydrogens (tertiary/aromatic N) is 3. The smallest absolute Gasteiger partial charge is 0.186 e. The zero-order valence-corrected chi connectivity index (χ0v) is 19.6. The maximum atomic E-state index is 5.67. The number of aryl methyl sites for hydroxylation is 1. The number of amidine groups is 1. The Balaban J connectivity index is 1.82. The van der Waals surface area contributed by atoms with Crippen LogP contribution in [0.2, 0.25) is 0 Å². The largest absolute Gasteiger partial charge is 0.496 e. The van der Waals surface area contributed by atoms with Gasteiger partial charge in [-0.25, -0.2) is 0 Å². The molecule has 1 heterocycles. The lowest BCUT2D eigenvalue weighted by Crippen LogP contribution is -2.19. The lowest BCUT2D eigenvalue weighted by molar-refractivity contribution is 0.213. The van der Waals surface area contributed by atoms with Crippen molar-refractivity contribution < 1.29 is 14.3 Å². The summed E-state index contributed by atoms with van der Waals surface area (Å²) in [6.45, 7) is 3.19. The molecule has 3 N–H and O–H groups in total. The minimum atomic E-state index is 0.467. The van der Waals surface area contributed by atoms with Crippen LogP contribution < -0.4 is 19.9 Å². The number of hydrogen-bond donors (Lipinski definition) is 2. The third-order valence-electron chi connectivity index (χ3n) is 4.86. The van der Waals surface area contributed by atoms with Gasteiger partial charge in [-0.15, -0.1) is 0 Å². The van der Waals surface area contributed by atoms with Gasteiger partial charge in [0.25, 0.3) is 0 Å². The van der Waals surface area contributed by atoms with Crippen molar-refractivity contribution in [3.63, 3.8) is 0 Å². The van der Waals surface area contributed by atoms with Gasteiger partial charge in [0.05, 0.1) is 37.4 Å². The highest BCUT2D eigenvalue weighted by atomic mass is 32.2. The Bertz CT molecular complexity index is 1070. The van der Waals surface area contributed by atoms with Gasteiger partial charge in [0.15, 0.2) is 5.84 Å². The SMILES string of the molecule is CCc1ccc(OC)c(SN/C(=N/OC)c2ccc(Cn3cc(CN)cn3)cc2OC)c1. The number of nitrogens with one attached hydrogen (secondary N) is 1. The molecule has 0 spiro atoms. The van der Waals surface area contributed by atoms with Crippen LogP contribution in [0.4, 0.5) is 0 Å². The third kappa shape index (κ3) is 5.74. The normalized spacial score (nSPS) is 11.3. The summed E-state index contributed by atoms with van der Waals surface area (Å²) in [5.74, 6) is 2.00. The first-order chi connectivity index (χ1) is 15.6. The number of methoxy groups -OCH3 is 2. The predicted molar refractivity (Wildman–Crippen MR) is 127 cm³/mol.